The molecule has 5 heteroatoms. The van der Waals surface area contributed by atoms with Gasteiger partial charge in [-0.1, -0.05) is 44.5 Å². The van der Waals surface area contributed by atoms with Crippen molar-refractivity contribution >= 4 is 22.5 Å². The third kappa shape index (κ3) is 4.49. The van der Waals surface area contributed by atoms with Crippen molar-refractivity contribution in [1.29, 1.82) is 0 Å². The fourth-order valence-electron chi connectivity index (χ4n) is 3.76. The lowest BCUT2D eigenvalue weighted by atomic mass is 9.91. The smallest absolute Gasteiger partial charge is 0.237 e. The molecule has 0 aliphatic heterocycles. The van der Waals surface area contributed by atoms with Gasteiger partial charge in [-0.3, -0.25) is 4.98 Å². The number of nitrogens with zero attached hydrogens (tertiary/aromatic N) is 2. The van der Waals surface area contributed by atoms with Crippen LogP contribution in [0.5, 0.6) is 11.6 Å². The third-order valence-corrected chi connectivity index (χ3v) is 5.68. The summed E-state index contributed by atoms with van der Waals surface area (Å²) in [4.78, 5) is 11.8. The van der Waals surface area contributed by atoms with Crippen LogP contribution in [0.15, 0.2) is 61.1 Å². The number of nitrogens with one attached hydrogen (secondary N) is 1. The first kappa shape index (κ1) is 20.4. The number of aromatic nitrogens is 3. The number of aryl methyl sites for hydroxylation is 1. The van der Waals surface area contributed by atoms with Gasteiger partial charge in [0.1, 0.15) is 5.75 Å². The molecule has 0 bridgehead atoms. The van der Waals surface area contributed by atoms with Gasteiger partial charge < -0.3 is 9.72 Å². The van der Waals surface area contributed by atoms with Gasteiger partial charge in [0.05, 0.1) is 6.20 Å². The molecule has 1 unspecified atom stereocenters. The average Bonchev–Trinajstić information content (AvgIpc) is 3.10. The Morgan fingerprint density at radius 3 is 2.53 bits per heavy atom. The number of ether oxygens (including phenoxy) is 1. The summed E-state index contributed by atoms with van der Waals surface area (Å²) in [7, 11) is 0. The topological polar surface area (TPSA) is 50.8 Å². The summed E-state index contributed by atoms with van der Waals surface area (Å²) < 4.78 is 5.77. The van der Waals surface area contributed by atoms with E-state index in [-0.39, 0.29) is 5.92 Å². The zero-order chi connectivity index (χ0) is 21.1. The number of halogens is 1. The van der Waals surface area contributed by atoms with Gasteiger partial charge in [0.2, 0.25) is 5.88 Å². The number of aromatic amines is 1. The highest BCUT2D eigenvalue weighted by molar-refractivity contribution is 6.31. The maximum absolute atomic E-state index is 6.31. The van der Waals surface area contributed by atoms with Gasteiger partial charge in [0, 0.05) is 39.9 Å². The highest BCUT2D eigenvalue weighted by Gasteiger charge is 2.19. The SMILES string of the molecule is CC(C)CCc1c(C(C)c2ccc(Oc3cnccn3)cc2)[nH]c2ccc(Cl)cc12. The standard InChI is InChI=1S/C25H26ClN3O/c1-16(2)4-10-21-22-14-19(26)7-11-23(22)29-25(21)17(3)18-5-8-20(9-6-18)30-24-15-27-12-13-28-24/h5-9,11-17,29H,4,10H2,1-3H3. The Bertz CT molecular complexity index is 1120. The van der Waals surface area contributed by atoms with Crippen molar-refractivity contribution in [1.82, 2.24) is 15.0 Å². The quantitative estimate of drug-likeness (QED) is 0.346. The van der Waals surface area contributed by atoms with Crippen LogP contribution in [0, 0.1) is 5.92 Å². The van der Waals surface area contributed by atoms with Crippen LogP contribution < -0.4 is 4.74 Å². The normalized spacial score (nSPS) is 12.4. The molecule has 2 aromatic carbocycles. The fraction of sp³-hybridized carbons (Fsp3) is 0.280. The molecule has 2 aromatic heterocycles. The summed E-state index contributed by atoms with van der Waals surface area (Å²) in [5.74, 6) is 2.11. The van der Waals surface area contributed by atoms with Gasteiger partial charge in [-0.15, -0.1) is 0 Å². The first-order valence-corrected chi connectivity index (χ1v) is 10.7. The van der Waals surface area contributed by atoms with Gasteiger partial charge in [0.25, 0.3) is 0 Å². The van der Waals surface area contributed by atoms with E-state index in [4.69, 9.17) is 16.3 Å². The molecule has 0 aliphatic rings. The van der Waals surface area contributed by atoms with E-state index in [1.807, 2.05) is 18.2 Å². The van der Waals surface area contributed by atoms with Gasteiger partial charge in [-0.2, -0.15) is 0 Å². The van der Waals surface area contributed by atoms with E-state index in [2.05, 4.69) is 60.0 Å². The van der Waals surface area contributed by atoms with E-state index >= 15 is 0 Å². The van der Waals surface area contributed by atoms with E-state index in [1.54, 1.807) is 18.6 Å². The van der Waals surface area contributed by atoms with Crippen LogP contribution >= 0.6 is 11.6 Å². The molecular weight excluding hydrogens is 394 g/mol. The van der Waals surface area contributed by atoms with Crippen LogP contribution in [-0.2, 0) is 6.42 Å². The molecule has 1 N–H and O–H groups in total. The first-order chi connectivity index (χ1) is 14.5. The lowest BCUT2D eigenvalue weighted by Crippen LogP contribution is -2.02. The second kappa shape index (κ2) is 8.88. The zero-order valence-corrected chi connectivity index (χ0v) is 18.3. The molecule has 0 fully saturated rings. The molecule has 2 heterocycles. The minimum atomic E-state index is 0.226. The van der Waals surface area contributed by atoms with E-state index < -0.39 is 0 Å². The molecule has 4 nitrogen and oxygen atoms in total. The lowest BCUT2D eigenvalue weighted by Gasteiger charge is -2.15. The molecule has 4 aromatic rings. The number of fused-ring (bicyclic) bond motifs is 1. The van der Waals surface area contributed by atoms with E-state index in [0.29, 0.717) is 11.8 Å². The van der Waals surface area contributed by atoms with Crippen molar-refractivity contribution in [2.24, 2.45) is 5.92 Å². The Kier molecular flexibility index (Phi) is 6.05. The molecule has 0 saturated heterocycles. The van der Waals surface area contributed by atoms with Crippen molar-refractivity contribution in [3.8, 4) is 11.6 Å². The Morgan fingerprint density at radius 1 is 1.03 bits per heavy atom. The van der Waals surface area contributed by atoms with Crippen molar-refractivity contribution in [3.05, 3.63) is 82.9 Å². The third-order valence-electron chi connectivity index (χ3n) is 5.45. The van der Waals surface area contributed by atoms with E-state index in [9.17, 15) is 0 Å². The summed E-state index contributed by atoms with van der Waals surface area (Å²) >= 11 is 6.31. The maximum atomic E-state index is 6.31. The predicted octanol–water partition coefficient (Wildman–Crippen LogP) is 7.14. The number of hydrogen-bond donors (Lipinski definition) is 1. The Hall–Kier alpha value is -2.85. The molecule has 0 spiro atoms. The summed E-state index contributed by atoms with van der Waals surface area (Å²) in [6, 6.07) is 14.3. The van der Waals surface area contributed by atoms with Crippen LogP contribution in [0.3, 0.4) is 0 Å². The van der Waals surface area contributed by atoms with Gasteiger partial charge in [-0.05, 0) is 60.2 Å². The molecule has 154 valence electrons. The van der Waals surface area contributed by atoms with Crippen LogP contribution in [0.25, 0.3) is 10.9 Å². The molecule has 1 atom stereocenters. The van der Waals surface area contributed by atoms with Crippen molar-refractivity contribution in [2.75, 3.05) is 0 Å². The Labute approximate surface area is 182 Å². The highest BCUT2D eigenvalue weighted by Crippen LogP contribution is 2.35. The number of rotatable bonds is 7. The van der Waals surface area contributed by atoms with E-state index in [0.717, 1.165) is 29.1 Å². The van der Waals surface area contributed by atoms with Crippen LogP contribution in [-0.4, -0.2) is 15.0 Å². The Morgan fingerprint density at radius 2 is 1.83 bits per heavy atom. The van der Waals surface area contributed by atoms with Crippen molar-refractivity contribution in [3.63, 3.8) is 0 Å². The predicted molar refractivity (Wildman–Crippen MR) is 123 cm³/mol. The maximum Gasteiger partial charge on any atom is 0.237 e. The van der Waals surface area contributed by atoms with Crippen molar-refractivity contribution < 1.29 is 4.74 Å². The largest absolute Gasteiger partial charge is 0.438 e. The second-order valence-corrected chi connectivity index (χ2v) is 8.51. The average molecular weight is 420 g/mol. The van der Waals surface area contributed by atoms with Gasteiger partial charge in [-0.25, -0.2) is 4.98 Å². The monoisotopic (exact) mass is 419 g/mol. The minimum Gasteiger partial charge on any atom is -0.438 e. The highest BCUT2D eigenvalue weighted by atomic mass is 35.5. The number of hydrogen-bond acceptors (Lipinski definition) is 3. The molecule has 0 saturated carbocycles. The number of benzene rings is 2. The van der Waals surface area contributed by atoms with Crippen LogP contribution in [0.1, 0.15) is 49.9 Å². The zero-order valence-electron chi connectivity index (χ0n) is 17.5. The van der Waals surface area contributed by atoms with Crippen LogP contribution in [0.2, 0.25) is 5.02 Å². The van der Waals surface area contributed by atoms with Crippen molar-refractivity contribution in [2.45, 2.75) is 39.5 Å². The van der Waals surface area contributed by atoms with Crippen LogP contribution in [0.4, 0.5) is 0 Å². The molecule has 30 heavy (non-hydrogen) atoms. The lowest BCUT2D eigenvalue weighted by molar-refractivity contribution is 0.460. The van der Waals surface area contributed by atoms with Gasteiger partial charge >= 0.3 is 0 Å². The summed E-state index contributed by atoms with van der Waals surface area (Å²) in [5.41, 5.74) is 5.00. The fourth-order valence-corrected chi connectivity index (χ4v) is 3.93. The van der Waals surface area contributed by atoms with Gasteiger partial charge in [0.15, 0.2) is 0 Å². The summed E-state index contributed by atoms with van der Waals surface area (Å²) in [6.07, 6.45) is 7.03. The number of H-pyrrole nitrogens is 1. The Balaban J connectivity index is 1.63. The molecular formula is C25H26ClN3O. The second-order valence-electron chi connectivity index (χ2n) is 8.08. The minimum absolute atomic E-state index is 0.226. The molecule has 0 radical (unpaired) electrons. The molecule has 0 amide bonds. The summed E-state index contributed by atoms with van der Waals surface area (Å²) in [6.45, 7) is 6.77. The summed E-state index contributed by atoms with van der Waals surface area (Å²) in [5, 5.41) is 2.00. The molecule has 4 rings (SSSR count). The first-order valence-electron chi connectivity index (χ1n) is 10.3. The van der Waals surface area contributed by atoms with E-state index in [1.165, 1.54) is 22.2 Å². The molecule has 0 aliphatic carbocycles.